The standard InChI is InChI=1S/C19H24N2O2S/c1-14-10-18(15(2)24-14)19(22)20-11-17-13-21(8-9-23-17)12-16-6-4-3-5-7-16/h3-7,10,17H,8-9,11-13H2,1-2H3,(H,20,22). The molecule has 1 aromatic carbocycles. The number of hydrogen-bond donors (Lipinski definition) is 1. The van der Waals surface area contributed by atoms with Crippen LogP contribution in [-0.2, 0) is 11.3 Å². The van der Waals surface area contributed by atoms with Gasteiger partial charge in [0.2, 0.25) is 0 Å². The van der Waals surface area contributed by atoms with Gasteiger partial charge in [-0.2, -0.15) is 0 Å². The van der Waals surface area contributed by atoms with Crippen molar-refractivity contribution < 1.29 is 9.53 Å². The molecular weight excluding hydrogens is 320 g/mol. The maximum atomic E-state index is 12.3. The molecule has 1 N–H and O–H groups in total. The molecule has 1 aromatic heterocycles. The number of morpholine rings is 1. The van der Waals surface area contributed by atoms with E-state index in [1.807, 2.05) is 26.0 Å². The average molecular weight is 344 g/mol. The van der Waals surface area contributed by atoms with Gasteiger partial charge in [-0.15, -0.1) is 11.3 Å². The number of aryl methyl sites for hydroxylation is 2. The highest BCUT2D eigenvalue weighted by Gasteiger charge is 2.21. The first-order valence-corrected chi connectivity index (χ1v) is 9.16. The number of carbonyl (C=O) groups excluding carboxylic acids is 1. The maximum absolute atomic E-state index is 12.3. The highest BCUT2D eigenvalue weighted by molar-refractivity contribution is 7.12. The molecule has 1 amide bonds. The molecule has 0 spiro atoms. The van der Waals surface area contributed by atoms with Crippen LogP contribution in [-0.4, -0.2) is 43.2 Å². The van der Waals surface area contributed by atoms with Crippen LogP contribution in [0.15, 0.2) is 36.4 Å². The molecule has 0 saturated carbocycles. The molecule has 24 heavy (non-hydrogen) atoms. The maximum Gasteiger partial charge on any atom is 0.252 e. The minimum absolute atomic E-state index is 0.000586. The van der Waals surface area contributed by atoms with Crippen molar-refractivity contribution in [2.75, 3.05) is 26.2 Å². The van der Waals surface area contributed by atoms with Crippen LogP contribution in [0.5, 0.6) is 0 Å². The lowest BCUT2D eigenvalue weighted by atomic mass is 10.2. The van der Waals surface area contributed by atoms with Gasteiger partial charge in [0.1, 0.15) is 0 Å². The van der Waals surface area contributed by atoms with Gasteiger partial charge >= 0.3 is 0 Å². The van der Waals surface area contributed by atoms with Gasteiger partial charge in [0.15, 0.2) is 0 Å². The van der Waals surface area contributed by atoms with Crippen LogP contribution in [0.2, 0.25) is 0 Å². The average Bonchev–Trinajstić information content (AvgIpc) is 2.92. The van der Waals surface area contributed by atoms with Crippen molar-refractivity contribution in [1.82, 2.24) is 10.2 Å². The SMILES string of the molecule is Cc1cc(C(=O)NCC2CN(Cc3ccccc3)CCO2)c(C)s1. The van der Waals surface area contributed by atoms with E-state index in [0.29, 0.717) is 13.2 Å². The summed E-state index contributed by atoms with van der Waals surface area (Å²) in [5.74, 6) is 0.000586. The summed E-state index contributed by atoms with van der Waals surface area (Å²) in [6.45, 7) is 7.99. The van der Waals surface area contributed by atoms with E-state index in [1.54, 1.807) is 11.3 Å². The normalized spacial score (nSPS) is 18.5. The number of thiophene rings is 1. The van der Waals surface area contributed by atoms with Gasteiger partial charge in [-0.1, -0.05) is 30.3 Å². The molecule has 1 atom stereocenters. The molecule has 128 valence electrons. The topological polar surface area (TPSA) is 41.6 Å². The fourth-order valence-electron chi connectivity index (χ4n) is 3.05. The largest absolute Gasteiger partial charge is 0.374 e. The van der Waals surface area contributed by atoms with Crippen LogP contribution in [0.1, 0.15) is 25.7 Å². The summed E-state index contributed by atoms with van der Waals surface area (Å²) in [6, 6.07) is 12.4. The summed E-state index contributed by atoms with van der Waals surface area (Å²) in [7, 11) is 0. The van der Waals surface area contributed by atoms with Crippen molar-refractivity contribution in [3.8, 4) is 0 Å². The number of hydrogen-bond acceptors (Lipinski definition) is 4. The van der Waals surface area contributed by atoms with E-state index in [9.17, 15) is 4.79 Å². The van der Waals surface area contributed by atoms with Crippen LogP contribution < -0.4 is 5.32 Å². The Kier molecular flexibility index (Phi) is 5.66. The van der Waals surface area contributed by atoms with Gasteiger partial charge < -0.3 is 10.1 Å². The van der Waals surface area contributed by atoms with E-state index in [4.69, 9.17) is 4.74 Å². The van der Waals surface area contributed by atoms with Gasteiger partial charge in [0, 0.05) is 35.9 Å². The Balaban J connectivity index is 1.50. The number of ether oxygens (including phenoxy) is 1. The highest BCUT2D eigenvalue weighted by Crippen LogP contribution is 2.20. The number of carbonyl (C=O) groups is 1. The lowest BCUT2D eigenvalue weighted by molar-refractivity contribution is -0.0292. The van der Waals surface area contributed by atoms with Crippen molar-refractivity contribution in [3.63, 3.8) is 0 Å². The van der Waals surface area contributed by atoms with E-state index >= 15 is 0 Å². The van der Waals surface area contributed by atoms with E-state index in [1.165, 1.54) is 10.4 Å². The molecule has 2 heterocycles. The summed E-state index contributed by atoms with van der Waals surface area (Å²) in [5.41, 5.74) is 2.10. The van der Waals surface area contributed by atoms with E-state index in [0.717, 1.165) is 30.1 Å². The zero-order chi connectivity index (χ0) is 16.9. The Bertz CT molecular complexity index is 684. The van der Waals surface area contributed by atoms with Gasteiger partial charge in [-0.25, -0.2) is 0 Å². The van der Waals surface area contributed by atoms with Crippen molar-refractivity contribution >= 4 is 17.2 Å². The fourth-order valence-corrected chi connectivity index (χ4v) is 3.97. The Morgan fingerprint density at radius 3 is 2.83 bits per heavy atom. The molecule has 1 unspecified atom stereocenters. The first-order valence-electron chi connectivity index (χ1n) is 8.35. The Labute approximate surface area is 147 Å². The van der Waals surface area contributed by atoms with Gasteiger partial charge in [-0.05, 0) is 25.5 Å². The second-order valence-electron chi connectivity index (χ2n) is 6.25. The molecule has 1 aliphatic heterocycles. The fraction of sp³-hybridized carbons (Fsp3) is 0.421. The summed E-state index contributed by atoms with van der Waals surface area (Å²) in [4.78, 5) is 16.9. The summed E-state index contributed by atoms with van der Waals surface area (Å²) < 4.78 is 5.81. The molecule has 2 aromatic rings. The minimum Gasteiger partial charge on any atom is -0.374 e. The zero-order valence-corrected chi connectivity index (χ0v) is 15.1. The van der Waals surface area contributed by atoms with Crippen molar-refractivity contribution in [2.45, 2.75) is 26.5 Å². The number of benzene rings is 1. The van der Waals surface area contributed by atoms with Crippen molar-refractivity contribution in [3.05, 3.63) is 57.3 Å². The van der Waals surface area contributed by atoms with E-state index in [-0.39, 0.29) is 12.0 Å². The molecule has 5 heteroatoms. The third kappa shape index (κ3) is 4.44. The number of rotatable bonds is 5. The van der Waals surface area contributed by atoms with Crippen LogP contribution in [0, 0.1) is 13.8 Å². The smallest absolute Gasteiger partial charge is 0.252 e. The molecule has 4 nitrogen and oxygen atoms in total. The van der Waals surface area contributed by atoms with Crippen LogP contribution >= 0.6 is 11.3 Å². The van der Waals surface area contributed by atoms with Crippen molar-refractivity contribution in [1.29, 1.82) is 0 Å². The summed E-state index contributed by atoms with van der Waals surface area (Å²) >= 11 is 1.66. The lowest BCUT2D eigenvalue weighted by Crippen LogP contribution is -2.47. The predicted octanol–water partition coefficient (Wildman–Crippen LogP) is 3.00. The highest BCUT2D eigenvalue weighted by atomic mass is 32.1. The number of nitrogens with zero attached hydrogens (tertiary/aromatic N) is 1. The molecule has 1 aliphatic rings. The van der Waals surface area contributed by atoms with E-state index < -0.39 is 0 Å². The summed E-state index contributed by atoms with van der Waals surface area (Å²) in [6.07, 6.45) is 0.0476. The molecule has 0 bridgehead atoms. The molecule has 1 saturated heterocycles. The molecule has 3 rings (SSSR count). The third-order valence-corrected chi connectivity index (χ3v) is 5.21. The Morgan fingerprint density at radius 1 is 1.33 bits per heavy atom. The first kappa shape index (κ1) is 17.1. The quantitative estimate of drug-likeness (QED) is 0.907. The number of nitrogens with one attached hydrogen (secondary N) is 1. The second kappa shape index (κ2) is 7.92. The van der Waals surface area contributed by atoms with Crippen LogP contribution in [0.4, 0.5) is 0 Å². The Hall–Kier alpha value is -1.69. The predicted molar refractivity (Wildman–Crippen MR) is 97.6 cm³/mol. The molecule has 1 fully saturated rings. The summed E-state index contributed by atoms with van der Waals surface area (Å²) in [5, 5.41) is 3.02. The monoisotopic (exact) mass is 344 g/mol. The van der Waals surface area contributed by atoms with Crippen LogP contribution in [0.25, 0.3) is 0 Å². The van der Waals surface area contributed by atoms with Gasteiger partial charge in [0.05, 0.1) is 18.3 Å². The zero-order valence-electron chi connectivity index (χ0n) is 14.2. The second-order valence-corrected chi connectivity index (χ2v) is 7.71. The van der Waals surface area contributed by atoms with Gasteiger partial charge in [-0.3, -0.25) is 9.69 Å². The third-order valence-electron chi connectivity index (χ3n) is 4.25. The molecular formula is C19H24N2O2S. The molecule has 0 aliphatic carbocycles. The van der Waals surface area contributed by atoms with Gasteiger partial charge in [0.25, 0.3) is 5.91 Å². The Morgan fingerprint density at radius 2 is 2.12 bits per heavy atom. The van der Waals surface area contributed by atoms with Crippen molar-refractivity contribution in [2.24, 2.45) is 0 Å². The van der Waals surface area contributed by atoms with Crippen LogP contribution in [0.3, 0.4) is 0 Å². The minimum atomic E-state index is 0.000586. The number of amides is 1. The van der Waals surface area contributed by atoms with E-state index in [2.05, 4.69) is 34.5 Å². The lowest BCUT2D eigenvalue weighted by Gasteiger charge is -2.33. The molecule has 0 radical (unpaired) electrons. The first-order chi connectivity index (χ1) is 11.6.